The first-order chi connectivity index (χ1) is 17.4. The zero-order valence-corrected chi connectivity index (χ0v) is 19.6. The van der Waals surface area contributed by atoms with Gasteiger partial charge in [0, 0.05) is 0 Å². The van der Waals surface area contributed by atoms with Crippen LogP contribution in [0.1, 0.15) is 16.7 Å². The summed E-state index contributed by atoms with van der Waals surface area (Å²) in [6.45, 7) is -1.35. The van der Waals surface area contributed by atoms with E-state index in [1.807, 2.05) is 91.0 Å². The molecule has 0 saturated heterocycles. The van der Waals surface area contributed by atoms with Crippen LogP contribution in [-0.4, -0.2) is 55.0 Å². The molecule has 0 aliphatic heterocycles. The van der Waals surface area contributed by atoms with E-state index in [4.69, 9.17) is 5.11 Å². The summed E-state index contributed by atoms with van der Waals surface area (Å²) < 4.78 is 0. The summed E-state index contributed by atoms with van der Waals surface area (Å²) in [6.07, 6.45) is 0. The molecular weight excluding hydrogens is 460 g/mol. The summed E-state index contributed by atoms with van der Waals surface area (Å²) in [5.74, 6) is -2.81. The van der Waals surface area contributed by atoms with Crippen molar-refractivity contribution in [2.75, 3.05) is 26.2 Å². The highest BCUT2D eigenvalue weighted by atomic mass is 16.4. The molecule has 0 bridgehead atoms. The van der Waals surface area contributed by atoms with Gasteiger partial charge in [-0.1, -0.05) is 91.0 Å². The van der Waals surface area contributed by atoms with Crippen molar-refractivity contribution in [2.45, 2.75) is 5.54 Å². The van der Waals surface area contributed by atoms with Crippen LogP contribution in [0.15, 0.2) is 91.0 Å². The smallest absolute Gasteiger partial charge is 0.322 e. The summed E-state index contributed by atoms with van der Waals surface area (Å²) in [7, 11) is 0. The van der Waals surface area contributed by atoms with E-state index in [0.29, 0.717) is 0 Å². The molecule has 0 aliphatic rings. The third kappa shape index (κ3) is 7.00. The maximum atomic E-state index is 12.7. The number of benzene rings is 3. The standard InChI is InChI=1S/C27H28N4O5/c32-23(28-17-24(33)30-19-26(35)36)16-29-25(34)18-31-27(20-10-4-1-5-11-20,21-12-6-2-7-13-21)22-14-8-3-9-15-22/h1-15,31H,16-19H2,(H,28,32)(H,29,34)(H,30,33)(H,35,36). The van der Waals surface area contributed by atoms with E-state index in [2.05, 4.69) is 21.3 Å². The quantitative estimate of drug-likeness (QED) is 0.241. The van der Waals surface area contributed by atoms with Crippen molar-refractivity contribution >= 4 is 23.7 Å². The second-order valence-electron chi connectivity index (χ2n) is 7.93. The Balaban J connectivity index is 1.70. The molecule has 3 amide bonds. The van der Waals surface area contributed by atoms with Crippen LogP contribution in [0.2, 0.25) is 0 Å². The van der Waals surface area contributed by atoms with Crippen molar-refractivity contribution in [3.8, 4) is 0 Å². The predicted octanol–water partition coefficient (Wildman–Crippen LogP) is 1.00. The van der Waals surface area contributed by atoms with Gasteiger partial charge in [-0.25, -0.2) is 0 Å². The zero-order chi connectivity index (χ0) is 25.8. The minimum Gasteiger partial charge on any atom is -0.480 e. The molecule has 0 aromatic heterocycles. The fraction of sp³-hybridized carbons (Fsp3) is 0.185. The summed E-state index contributed by atoms with van der Waals surface area (Å²) >= 11 is 0. The van der Waals surface area contributed by atoms with Gasteiger partial charge >= 0.3 is 5.97 Å². The van der Waals surface area contributed by atoms with Crippen LogP contribution >= 0.6 is 0 Å². The van der Waals surface area contributed by atoms with Crippen LogP contribution in [-0.2, 0) is 24.7 Å². The van der Waals surface area contributed by atoms with E-state index in [0.717, 1.165) is 16.7 Å². The van der Waals surface area contributed by atoms with Gasteiger partial charge in [0.05, 0.1) is 25.2 Å². The Morgan fingerprint density at radius 3 is 1.22 bits per heavy atom. The minimum atomic E-state index is -1.19. The molecule has 9 heteroatoms. The fourth-order valence-electron chi connectivity index (χ4n) is 3.80. The summed E-state index contributed by atoms with van der Waals surface area (Å²) in [6, 6.07) is 29.4. The summed E-state index contributed by atoms with van der Waals surface area (Å²) in [4.78, 5) is 46.7. The largest absolute Gasteiger partial charge is 0.480 e. The molecule has 3 aromatic carbocycles. The highest BCUT2D eigenvalue weighted by Crippen LogP contribution is 2.36. The van der Waals surface area contributed by atoms with Crippen LogP contribution in [0.3, 0.4) is 0 Å². The fourth-order valence-corrected chi connectivity index (χ4v) is 3.80. The molecule has 5 N–H and O–H groups in total. The van der Waals surface area contributed by atoms with E-state index >= 15 is 0 Å². The average Bonchev–Trinajstić information content (AvgIpc) is 2.91. The maximum Gasteiger partial charge on any atom is 0.322 e. The van der Waals surface area contributed by atoms with Gasteiger partial charge in [-0.2, -0.15) is 0 Å². The molecule has 3 rings (SSSR count). The second-order valence-corrected chi connectivity index (χ2v) is 7.93. The van der Waals surface area contributed by atoms with Crippen molar-refractivity contribution in [2.24, 2.45) is 0 Å². The molecule has 36 heavy (non-hydrogen) atoms. The van der Waals surface area contributed by atoms with Gasteiger partial charge in [0.1, 0.15) is 6.54 Å². The Morgan fingerprint density at radius 2 is 0.861 bits per heavy atom. The molecular formula is C27H28N4O5. The third-order valence-corrected chi connectivity index (χ3v) is 5.46. The van der Waals surface area contributed by atoms with Crippen molar-refractivity contribution < 1.29 is 24.3 Å². The molecule has 0 spiro atoms. The van der Waals surface area contributed by atoms with Crippen LogP contribution in [0.5, 0.6) is 0 Å². The van der Waals surface area contributed by atoms with Gasteiger partial charge in [0.2, 0.25) is 17.7 Å². The lowest BCUT2D eigenvalue weighted by Crippen LogP contribution is -2.50. The van der Waals surface area contributed by atoms with E-state index < -0.39 is 35.8 Å². The lowest BCUT2D eigenvalue weighted by atomic mass is 9.77. The monoisotopic (exact) mass is 488 g/mol. The third-order valence-electron chi connectivity index (χ3n) is 5.46. The predicted molar refractivity (Wildman–Crippen MR) is 134 cm³/mol. The normalized spacial score (nSPS) is 10.8. The second kappa shape index (κ2) is 12.8. The Hall–Kier alpha value is -4.50. The number of carboxylic acids is 1. The van der Waals surface area contributed by atoms with Gasteiger partial charge < -0.3 is 21.1 Å². The maximum absolute atomic E-state index is 12.7. The van der Waals surface area contributed by atoms with Crippen molar-refractivity contribution in [1.82, 2.24) is 21.3 Å². The summed E-state index contributed by atoms with van der Waals surface area (Å²) in [5, 5.41) is 19.0. The van der Waals surface area contributed by atoms with Gasteiger partial charge in [-0.15, -0.1) is 0 Å². The number of nitrogens with one attached hydrogen (secondary N) is 4. The summed E-state index contributed by atoms with van der Waals surface area (Å²) in [5.41, 5.74) is 2.01. The van der Waals surface area contributed by atoms with Gasteiger partial charge in [0.25, 0.3) is 0 Å². The number of carboxylic acid groups (broad SMARTS) is 1. The number of carbonyl (C=O) groups is 4. The molecule has 0 atom stereocenters. The van der Waals surface area contributed by atoms with Gasteiger partial charge in [-0.3, -0.25) is 24.5 Å². The van der Waals surface area contributed by atoms with E-state index in [1.165, 1.54) is 0 Å². The van der Waals surface area contributed by atoms with Crippen molar-refractivity contribution in [3.63, 3.8) is 0 Å². The first-order valence-corrected chi connectivity index (χ1v) is 11.4. The first-order valence-electron chi connectivity index (χ1n) is 11.4. The molecule has 186 valence electrons. The average molecular weight is 489 g/mol. The number of carbonyl (C=O) groups excluding carboxylic acids is 3. The van der Waals surface area contributed by atoms with Crippen LogP contribution < -0.4 is 21.3 Å². The number of hydrogen-bond donors (Lipinski definition) is 5. The molecule has 3 aromatic rings. The van der Waals surface area contributed by atoms with Crippen LogP contribution in [0.25, 0.3) is 0 Å². The van der Waals surface area contributed by atoms with Crippen LogP contribution in [0.4, 0.5) is 0 Å². The van der Waals surface area contributed by atoms with E-state index in [9.17, 15) is 19.2 Å². The Kier molecular flexibility index (Phi) is 9.30. The number of amides is 3. The molecule has 0 unspecified atom stereocenters. The highest BCUT2D eigenvalue weighted by molar-refractivity contribution is 5.89. The highest BCUT2D eigenvalue weighted by Gasteiger charge is 2.36. The molecule has 0 saturated carbocycles. The number of rotatable bonds is 12. The Morgan fingerprint density at radius 1 is 0.528 bits per heavy atom. The van der Waals surface area contributed by atoms with Crippen molar-refractivity contribution in [1.29, 1.82) is 0 Å². The molecule has 0 aliphatic carbocycles. The number of hydrogen-bond acceptors (Lipinski definition) is 5. The van der Waals surface area contributed by atoms with Gasteiger partial charge in [-0.05, 0) is 16.7 Å². The lowest BCUT2D eigenvalue weighted by molar-refractivity contribution is -0.137. The Bertz CT molecular complexity index is 1070. The molecule has 9 nitrogen and oxygen atoms in total. The Labute approximate surface area is 208 Å². The van der Waals surface area contributed by atoms with Crippen LogP contribution in [0, 0.1) is 0 Å². The zero-order valence-electron chi connectivity index (χ0n) is 19.6. The molecule has 0 radical (unpaired) electrons. The lowest BCUT2D eigenvalue weighted by Gasteiger charge is -2.37. The topological polar surface area (TPSA) is 137 Å². The van der Waals surface area contributed by atoms with Crippen molar-refractivity contribution in [3.05, 3.63) is 108 Å². The van der Waals surface area contributed by atoms with Gasteiger partial charge in [0.15, 0.2) is 0 Å². The minimum absolute atomic E-state index is 0.0922. The molecule has 0 heterocycles. The van der Waals surface area contributed by atoms with E-state index in [1.54, 1.807) is 0 Å². The van der Waals surface area contributed by atoms with E-state index in [-0.39, 0.29) is 19.6 Å². The molecule has 0 fully saturated rings. The SMILES string of the molecule is O=C(O)CNC(=O)CNC(=O)CNC(=O)CNC(c1ccccc1)(c1ccccc1)c1ccccc1. The first kappa shape index (κ1) is 26.1. The number of aliphatic carboxylic acids is 1.